The zero-order valence-corrected chi connectivity index (χ0v) is 11.9. The summed E-state index contributed by atoms with van der Waals surface area (Å²) in [6.45, 7) is 3.59. The van der Waals surface area contributed by atoms with E-state index >= 15 is 0 Å². The lowest BCUT2D eigenvalue weighted by Gasteiger charge is -2.14. The maximum Gasteiger partial charge on any atom is 0.291 e. The van der Waals surface area contributed by atoms with E-state index in [0.29, 0.717) is 15.9 Å². The third kappa shape index (κ3) is 2.73. The van der Waals surface area contributed by atoms with Crippen molar-refractivity contribution < 1.29 is 4.92 Å². The minimum atomic E-state index is -0.452. The molecule has 0 aliphatic heterocycles. The largest absolute Gasteiger partial charge is 0.359 e. The number of nitrogens with one attached hydrogen (secondary N) is 2. The Labute approximate surface area is 117 Å². The molecule has 2 aromatic heterocycles. The molecule has 1 unspecified atom stereocenters. The van der Waals surface area contributed by atoms with Gasteiger partial charge >= 0.3 is 0 Å². The van der Waals surface area contributed by atoms with Gasteiger partial charge in [0.15, 0.2) is 0 Å². The summed E-state index contributed by atoms with van der Waals surface area (Å²) in [5.74, 6) is 1.32. The first-order valence-electron chi connectivity index (χ1n) is 5.56. The number of aromatic nitrogens is 3. The van der Waals surface area contributed by atoms with E-state index in [2.05, 4.69) is 36.2 Å². The summed E-state index contributed by atoms with van der Waals surface area (Å²) < 4.78 is 0.583. The maximum absolute atomic E-state index is 10.8. The number of pyridine rings is 1. The second kappa shape index (κ2) is 5.35. The molecule has 0 aliphatic carbocycles. The lowest BCUT2D eigenvalue weighted by atomic mass is 10.2. The van der Waals surface area contributed by atoms with Crippen LogP contribution in [0.2, 0.25) is 0 Å². The Hall–Kier alpha value is -1.96. The fourth-order valence-corrected chi connectivity index (χ4v) is 2.06. The van der Waals surface area contributed by atoms with Gasteiger partial charge in [-0.3, -0.25) is 10.1 Å². The van der Waals surface area contributed by atoms with Gasteiger partial charge < -0.3 is 10.3 Å². The molecule has 2 heterocycles. The molecule has 1 atom stereocenters. The standard InChI is InChI=1S/C11H12BrN5O2/c1-6-8(17(18)19)5-15-11(9(6)12)16-7(2)10-13-3-4-14-10/h3-5,7H,1-2H3,(H,13,14)(H,15,16). The predicted octanol–water partition coefficient (Wildman–Crippen LogP) is 2.96. The Morgan fingerprint density at radius 3 is 2.84 bits per heavy atom. The third-order valence-corrected chi connectivity index (χ3v) is 3.69. The van der Waals surface area contributed by atoms with Gasteiger partial charge in [-0.15, -0.1) is 0 Å². The highest BCUT2D eigenvalue weighted by molar-refractivity contribution is 9.10. The predicted molar refractivity (Wildman–Crippen MR) is 74.0 cm³/mol. The first-order chi connectivity index (χ1) is 9.00. The summed E-state index contributed by atoms with van der Waals surface area (Å²) in [7, 11) is 0. The number of halogens is 1. The fraction of sp³-hybridized carbons (Fsp3) is 0.273. The lowest BCUT2D eigenvalue weighted by Crippen LogP contribution is -2.10. The van der Waals surface area contributed by atoms with E-state index in [0.717, 1.165) is 5.82 Å². The van der Waals surface area contributed by atoms with Crippen LogP contribution in [0.15, 0.2) is 23.1 Å². The van der Waals surface area contributed by atoms with Crippen LogP contribution in [0, 0.1) is 17.0 Å². The maximum atomic E-state index is 10.8. The first-order valence-corrected chi connectivity index (χ1v) is 6.35. The molecule has 0 aromatic carbocycles. The van der Waals surface area contributed by atoms with Gasteiger partial charge in [-0.1, -0.05) is 0 Å². The Morgan fingerprint density at radius 2 is 2.26 bits per heavy atom. The van der Waals surface area contributed by atoms with Crippen LogP contribution in [0.1, 0.15) is 24.4 Å². The zero-order chi connectivity index (χ0) is 14.0. The van der Waals surface area contributed by atoms with Crippen LogP contribution in [0.4, 0.5) is 11.5 Å². The molecule has 2 N–H and O–H groups in total. The Bertz CT molecular complexity index is 599. The van der Waals surface area contributed by atoms with Crippen molar-refractivity contribution in [3.63, 3.8) is 0 Å². The molecular formula is C11H12BrN5O2. The highest BCUT2D eigenvalue weighted by Gasteiger charge is 2.18. The Morgan fingerprint density at radius 1 is 1.53 bits per heavy atom. The van der Waals surface area contributed by atoms with E-state index in [1.165, 1.54) is 6.20 Å². The molecule has 0 saturated heterocycles. The lowest BCUT2D eigenvalue weighted by molar-refractivity contribution is -0.385. The molecule has 2 aromatic rings. The van der Waals surface area contributed by atoms with Gasteiger partial charge in [0.2, 0.25) is 0 Å². The highest BCUT2D eigenvalue weighted by atomic mass is 79.9. The molecule has 7 nitrogen and oxygen atoms in total. The highest BCUT2D eigenvalue weighted by Crippen LogP contribution is 2.31. The van der Waals surface area contributed by atoms with Gasteiger partial charge in [0.05, 0.1) is 15.4 Å². The summed E-state index contributed by atoms with van der Waals surface area (Å²) in [4.78, 5) is 21.6. The molecule has 0 amide bonds. The van der Waals surface area contributed by atoms with Crippen LogP contribution >= 0.6 is 15.9 Å². The summed E-state index contributed by atoms with van der Waals surface area (Å²) in [5, 5.41) is 13.9. The van der Waals surface area contributed by atoms with Crippen molar-refractivity contribution in [1.29, 1.82) is 0 Å². The Kier molecular flexibility index (Phi) is 3.79. The van der Waals surface area contributed by atoms with Crippen molar-refractivity contribution in [2.24, 2.45) is 0 Å². The number of anilines is 1. The van der Waals surface area contributed by atoms with Crippen molar-refractivity contribution >= 4 is 27.4 Å². The minimum absolute atomic E-state index is 0.0110. The van der Waals surface area contributed by atoms with Crippen LogP contribution in [0.25, 0.3) is 0 Å². The van der Waals surface area contributed by atoms with Gasteiger partial charge in [-0.25, -0.2) is 9.97 Å². The average Bonchev–Trinajstić information content (AvgIpc) is 2.88. The normalized spacial score (nSPS) is 12.2. The van der Waals surface area contributed by atoms with Crippen molar-refractivity contribution in [2.75, 3.05) is 5.32 Å². The van der Waals surface area contributed by atoms with Crippen molar-refractivity contribution in [3.8, 4) is 0 Å². The number of hydrogen-bond donors (Lipinski definition) is 2. The smallest absolute Gasteiger partial charge is 0.291 e. The number of aromatic amines is 1. The average molecular weight is 326 g/mol. The molecule has 2 rings (SSSR count). The second-order valence-electron chi connectivity index (χ2n) is 4.03. The Balaban J connectivity index is 2.27. The second-order valence-corrected chi connectivity index (χ2v) is 4.82. The van der Waals surface area contributed by atoms with Crippen LogP contribution in [-0.4, -0.2) is 19.9 Å². The van der Waals surface area contributed by atoms with Crippen LogP contribution in [-0.2, 0) is 0 Å². The molecule has 0 radical (unpaired) electrons. The quantitative estimate of drug-likeness (QED) is 0.665. The van der Waals surface area contributed by atoms with Crippen LogP contribution in [0.3, 0.4) is 0 Å². The molecule has 19 heavy (non-hydrogen) atoms. The van der Waals surface area contributed by atoms with Gasteiger partial charge in [-0.05, 0) is 29.8 Å². The molecular weight excluding hydrogens is 314 g/mol. The number of nitrogens with zero attached hydrogens (tertiary/aromatic N) is 3. The molecule has 8 heteroatoms. The fourth-order valence-electron chi connectivity index (χ4n) is 1.64. The number of nitro groups is 1. The van der Waals surface area contributed by atoms with E-state index in [9.17, 15) is 10.1 Å². The van der Waals surface area contributed by atoms with E-state index in [1.54, 1.807) is 19.3 Å². The van der Waals surface area contributed by atoms with Gasteiger partial charge in [0.1, 0.15) is 17.8 Å². The van der Waals surface area contributed by atoms with Crippen molar-refractivity contribution in [1.82, 2.24) is 15.0 Å². The van der Waals surface area contributed by atoms with E-state index in [1.807, 2.05) is 6.92 Å². The topological polar surface area (TPSA) is 96.7 Å². The van der Waals surface area contributed by atoms with Gasteiger partial charge in [0.25, 0.3) is 5.69 Å². The molecule has 0 spiro atoms. The molecule has 0 fully saturated rings. The summed E-state index contributed by atoms with van der Waals surface area (Å²) >= 11 is 3.33. The van der Waals surface area contributed by atoms with Crippen LogP contribution in [0.5, 0.6) is 0 Å². The van der Waals surface area contributed by atoms with Crippen LogP contribution < -0.4 is 5.32 Å². The van der Waals surface area contributed by atoms with Crippen molar-refractivity contribution in [2.45, 2.75) is 19.9 Å². The summed E-state index contributed by atoms with van der Waals surface area (Å²) in [5.41, 5.74) is 0.525. The third-order valence-electron chi connectivity index (χ3n) is 2.72. The monoisotopic (exact) mass is 325 g/mol. The van der Waals surface area contributed by atoms with E-state index in [-0.39, 0.29) is 11.7 Å². The number of H-pyrrole nitrogens is 1. The summed E-state index contributed by atoms with van der Waals surface area (Å²) in [6.07, 6.45) is 4.64. The summed E-state index contributed by atoms with van der Waals surface area (Å²) in [6, 6.07) is -0.0837. The SMILES string of the molecule is Cc1c([N+](=O)[O-])cnc(NC(C)c2ncc[nH]2)c1Br. The van der Waals surface area contributed by atoms with Crippen molar-refractivity contribution in [3.05, 3.63) is 44.6 Å². The zero-order valence-electron chi connectivity index (χ0n) is 10.3. The van der Waals surface area contributed by atoms with E-state index < -0.39 is 4.92 Å². The number of rotatable bonds is 4. The molecule has 0 bridgehead atoms. The first kappa shape index (κ1) is 13.5. The van der Waals surface area contributed by atoms with Gasteiger partial charge in [-0.2, -0.15) is 0 Å². The minimum Gasteiger partial charge on any atom is -0.359 e. The molecule has 100 valence electrons. The van der Waals surface area contributed by atoms with Gasteiger partial charge in [0, 0.05) is 18.0 Å². The molecule has 0 aliphatic rings. The number of hydrogen-bond acceptors (Lipinski definition) is 5. The number of imidazole rings is 1. The van der Waals surface area contributed by atoms with E-state index in [4.69, 9.17) is 0 Å². The molecule has 0 saturated carbocycles.